The minimum Gasteiger partial charge on any atom is -0.396 e. The van der Waals surface area contributed by atoms with Gasteiger partial charge < -0.3 is 21.1 Å². The standard InChI is InChI=1S/C14H26N4O2S/c1-9(2)18(7-6-8-19)12(20)10-11(15)16-13(21-10)17-14(3,4)5/h9,19H,6-8,15H2,1-5H3,(H,16,17). The Morgan fingerprint density at radius 2 is 2.10 bits per heavy atom. The molecule has 0 unspecified atom stereocenters. The maximum absolute atomic E-state index is 12.6. The molecule has 0 atom stereocenters. The fourth-order valence-electron chi connectivity index (χ4n) is 1.83. The third-order valence-electron chi connectivity index (χ3n) is 2.77. The third kappa shape index (κ3) is 5.17. The Morgan fingerprint density at radius 1 is 1.48 bits per heavy atom. The van der Waals surface area contributed by atoms with Crippen LogP contribution in [0.4, 0.5) is 10.9 Å². The third-order valence-corrected chi connectivity index (χ3v) is 3.75. The molecule has 0 aliphatic heterocycles. The first kappa shape index (κ1) is 17.7. The number of carbonyl (C=O) groups is 1. The Balaban J connectivity index is 2.95. The van der Waals surface area contributed by atoms with Crippen LogP contribution in [0, 0.1) is 0 Å². The number of nitrogens with zero attached hydrogens (tertiary/aromatic N) is 2. The van der Waals surface area contributed by atoms with Gasteiger partial charge in [-0.25, -0.2) is 4.98 Å². The summed E-state index contributed by atoms with van der Waals surface area (Å²) in [6.45, 7) is 10.5. The van der Waals surface area contributed by atoms with Crippen LogP contribution in [-0.4, -0.2) is 45.6 Å². The van der Waals surface area contributed by atoms with Gasteiger partial charge in [0.15, 0.2) is 5.13 Å². The number of nitrogens with two attached hydrogens (primary N) is 1. The number of aliphatic hydroxyl groups is 1. The van der Waals surface area contributed by atoms with Gasteiger partial charge in [-0.2, -0.15) is 0 Å². The number of aromatic nitrogens is 1. The number of thiazole rings is 1. The molecule has 1 amide bonds. The van der Waals surface area contributed by atoms with Gasteiger partial charge in [-0.3, -0.25) is 4.79 Å². The minimum atomic E-state index is -0.140. The molecule has 1 rings (SSSR count). The highest BCUT2D eigenvalue weighted by Gasteiger charge is 2.24. The molecule has 1 aromatic heterocycles. The van der Waals surface area contributed by atoms with Crippen molar-refractivity contribution in [2.45, 2.75) is 52.6 Å². The predicted molar refractivity (Wildman–Crippen MR) is 87.8 cm³/mol. The minimum absolute atomic E-state index is 0.0459. The second-order valence-corrected chi connectivity index (χ2v) is 7.28. The molecular formula is C14H26N4O2S. The molecule has 0 aliphatic rings. The molecule has 1 heterocycles. The molecule has 0 saturated heterocycles. The van der Waals surface area contributed by atoms with Crippen molar-refractivity contribution in [2.24, 2.45) is 0 Å². The average molecular weight is 314 g/mol. The molecule has 120 valence electrons. The van der Waals surface area contributed by atoms with Gasteiger partial charge in [-0.15, -0.1) is 0 Å². The molecule has 0 radical (unpaired) electrons. The topological polar surface area (TPSA) is 91.5 Å². The zero-order valence-electron chi connectivity index (χ0n) is 13.4. The molecule has 0 saturated carbocycles. The van der Waals surface area contributed by atoms with E-state index in [1.54, 1.807) is 4.90 Å². The second kappa shape index (κ2) is 7.09. The summed E-state index contributed by atoms with van der Waals surface area (Å²) in [5.41, 5.74) is 5.75. The van der Waals surface area contributed by atoms with Crippen molar-refractivity contribution in [2.75, 3.05) is 24.2 Å². The SMILES string of the molecule is CC(C)N(CCCO)C(=O)c1sc(NC(C)(C)C)nc1N. The summed E-state index contributed by atoms with van der Waals surface area (Å²) in [6, 6.07) is 0.0459. The van der Waals surface area contributed by atoms with Crippen molar-refractivity contribution in [1.82, 2.24) is 9.88 Å². The number of amides is 1. The molecule has 4 N–H and O–H groups in total. The van der Waals surface area contributed by atoms with Crippen molar-refractivity contribution in [3.63, 3.8) is 0 Å². The summed E-state index contributed by atoms with van der Waals surface area (Å²) in [4.78, 5) is 19.0. The van der Waals surface area contributed by atoms with Gasteiger partial charge in [-0.05, 0) is 41.0 Å². The van der Waals surface area contributed by atoms with Gasteiger partial charge in [-0.1, -0.05) is 11.3 Å². The lowest BCUT2D eigenvalue weighted by atomic mass is 10.1. The van der Waals surface area contributed by atoms with Gasteiger partial charge >= 0.3 is 0 Å². The van der Waals surface area contributed by atoms with Crippen molar-refractivity contribution >= 4 is 28.2 Å². The first-order chi connectivity index (χ1) is 9.65. The maximum Gasteiger partial charge on any atom is 0.268 e. The van der Waals surface area contributed by atoms with Crippen molar-refractivity contribution in [1.29, 1.82) is 0 Å². The van der Waals surface area contributed by atoms with Gasteiger partial charge in [0, 0.05) is 24.7 Å². The number of aliphatic hydroxyl groups excluding tert-OH is 1. The lowest BCUT2D eigenvalue weighted by molar-refractivity contribution is 0.0699. The molecule has 0 bridgehead atoms. The molecule has 6 nitrogen and oxygen atoms in total. The van der Waals surface area contributed by atoms with Crippen LogP contribution in [0.25, 0.3) is 0 Å². The Labute approximate surface area is 130 Å². The van der Waals surface area contributed by atoms with Crippen LogP contribution >= 0.6 is 11.3 Å². The van der Waals surface area contributed by atoms with Crippen LogP contribution in [0.3, 0.4) is 0 Å². The summed E-state index contributed by atoms with van der Waals surface area (Å²) in [7, 11) is 0. The summed E-state index contributed by atoms with van der Waals surface area (Å²) >= 11 is 1.27. The number of nitrogen functional groups attached to an aromatic ring is 1. The highest BCUT2D eigenvalue weighted by Crippen LogP contribution is 2.28. The first-order valence-corrected chi connectivity index (χ1v) is 7.93. The lowest BCUT2D eigenvalue weighted by Crippen LogP contribution is -2.38. The van der Waals surface area contributed by atoms with E-state index in [1.165, 1.54) is 11.3 Å². The zero-order valence-corrected chi connectivity index (χ0v) is 14.3. The zero-order chi connectivity index (χ0) is 16.2. The largest absolute Gasteiger partial charge is 0.396 e. The van der Waals surface area contributed by atoms with E-state index in [0.717, 1.165) is 0 Å². The monoisotopic (exact) mass is 314 g/mol. The van der Waals surface area contributed by atoms with Gasteiger partial charge in [0.2, 0.25) is 0 Å². The van der Waals surface area contributed by atoms with E-state index in [-0.39, 0.29) is 29.9 Å². The van der Waals surface area contributed by atoms with Crippen molar-refractivity contribution in [3.8, 4) is 0 Å². The van der Waals surface area contributed by atoms with E-state index >= 15 is 0 Å². The van der Waals surface area contributed by atoms with Gasteiger partial charge in [0.1, 0.15) is 10.7 Å². The predicted octanol–water partition coefficient (Wildman–Crippen LogP) is 2.17. The van der Waals surface area contributed by atoms with E-state index in [0.29, 0.717) is 23.0 Å². The van der Waals surface area contributed by atoms with Crippen LogP contribution in [0.5, 0.6) is 0 Å². The highest BCUT2D eigenvalue weighted by atomic mass is 32.1. The second-order valence-electron chi connectivity index (χ2n) is 6.28. The Hall–Kier alpha value is -1.34. The van der Waals surface area contributed by atoms with E-state index in [2.05, 4.69) is 10.3 Å². The Bertz CT molecular complexity index is 480. The summed E-state index contributed by atoms with van der Waals surface area (Å²) in [5.74, 6) is 0.127. The molecule has 0 aromatic carbocycles. The van der Waals surface area contributed by atoms with Crippen LogP contribution in [0.15, 0.2) is 0 Å². The quantitative estimate of drug-likeness (QED) is 0.748. The number of anilines is 2. The highest BCUT2D eigenvalue weighted by molar-refractivity contribution is 7.18. The van der Waals surface area contributed by atoms with Crippen molar-refractivity contribution < 1.29 is 9.90 Å². The van der Waals surface area contributed by atoms with E-state index in [4.69, 9.17) is 10.8 Å². The lowest BCUT2D eigenvalue weighted by Gasteiger charge is -2.26. The van der Waals surface area contributed by atoms with E-state index in [1.807, 2.05) is 34.6 Å². The van der Waals surface area contributed by atoms with Crippen molar-refractivity contribution in [3.05, 3.63) is 4.88 Å². The number of carbonyl (C=O) groups excluding carboxylic acids is 1. The molecule has 7 heteroatoms. The van der Waals surface area contributed by atoms with Crippen LogP contribution in [0.2, 0.25) is 0 Å². The van der Waals surface area contributed by atoms with Gasteiger partial charge in [0.05, 0.1) is 0 Å². The fraction of sp³-hybridized carbons (Fsp3) is 0.714. The Kier molecular flexibility index (Phi) is 5.98. The number of nitrogens with one attached hydrogen (secondary N) is 1. The number of hydrogen-bond acceptors (Lipinski definition) is 6. The smallest absolute Gasteiger partial charge is 0.268 e. The van der Waals surface area contributed by atoms with Gasteiger partial charge in [0.25, 0.3) is 5.91 Å². The average Bonchev–Trinajstić information content (AvgIpc) is 2.67. The van der Waals surface area contributed by atoms with Crippen LogP contribution in [-0.2, 0) is 0 Å². The summed E-state index contributed by atoms with van der Waals surface area (Å²) in [5, 5.41) is 12.8. The van der Waals surface area contributed by atoms with E-state index in [9.17, 15) is 4.79 Å². The fourth-order valence-corrected chi connectivity index (χ4v) is 2.87. The molecule has 0 fully saturated rings. The summed E-state index contributed by atoms with van der Waals surface area (Å²) in [6.07, 6.45) is 0.551. The van der Waals surface area contributed by atoms with Crippen LogP contribution in [0.1, 0.15) is 50.7 Å². The molecular weight excluding hydrogens is 288 g/mol. The molecule has 0 spiro atoms. The summed E-state index contributed by atoms with van der Waals surface area (Å²) < 4.78 is 0. The normalized spacial score (nSPS) is 11.8. The number of hydrogen-bond donors (Lipinski definition) is 3. The maximum atomic E-state index is 12.6. The molecule has 21 heavy (non-hydrogen) atoms. The first-order valence-electron chi connectivity index (χ1n) is 7.12. The molecule has 1 aromatic rings. The van der Waals surface area contributed by atoms with Crippen LogP contribution < -0.4 is 11.1 Å². The Morgan fingerprint density at radius 3 is 2.57 bits per heavy atom. The number of rotatable bonds is 6. The molecule has 0 aliphatic carbocycles. The van der Waals surface area contributed by atoms with E-state index < -0.39 is 0 Å².